The lowest BCUT2D eigenvalue weighted by Crippen LogP contribution is -2.37. The normalized spacial score (nSPS) is 17.7. The third-order valence-electron chi connectivity index (χ3n) is 7.83. The number of carbonyl (C=O) groups excluding carboxylic acids is 3. The Kier molecular flexibility index (Phi) is 7.84. The predicted molar refractivity (Wildman–Crippen MR) is 158 cm³/mol. The lowest BCUT2D eigenvalue weighted by Gasteiger charge is -2.42. The van der Waals surface area contributed by atoms with Gasteiger partial charge in [0.05, 0.1) is 10.7 Å². The fourth-order valence-electron chi connectivity index (χ4n) is 6.01. The molecule has 0 saturated carbocycles. The van der Waals surface area contributed by atoms with E-state index in [1.54, 1.807) is 7.11 Å². The van der Waals surface area contributed by atoms with Crippen LogP contribution in [0.25, 0.3) is 0 Å². The Morgan fingerprint density at radius 2 is 1.64 bits per heavy atom. The van der Waals surface area contributed by atoms with Gasteiger partial charge >= 0.3 is 0 Å². The first-order chi connectivity index (χ1) is 18.7. The van der Waals surface area contributed by atoms with Gasteiger partial charge in [0.2, 0.25) is 0 Å². The quantitative estimate of drug-likeness (QED) is 0.392. The van der Waals surface area contributed by atoms with E-state index in [0.717, 1.165) is 74.2 Å². The van der Waals surface area contributed by atoms with Crippen LogP contribution < -0.4 is 14.8 Å². The third kappa shape index (κ3) is 5.23. The van der Waals surface area contributed by atoms with E-state index in [9.17, 15) is 14.4 Å². The molecule has 0 atom stereocenters. The molecule has 1 amide bonds. The molecule has 2 aromatic carbocycles. The Morgan fingerprint density at radius 1 is 1.00 bits per heavy atom. The number of carbonyl (C=O) groups is 3. The monoisotopic (exact) mass is 640 g/mol. The summed E-state index contributed by atoms with van der Waals surface area (Å²) in [5.74, 6) is 0.441. The summed E-state index contributed by atoms with van der Waals surface area (Å²) in [7, 11) is 3.54. The molecule has 2 aliphatic carbocycles. The molecular weight excluding hydrogens is 607 g/mol. The second-order valence-corrected chi connectivity index (χ2v) is 11.6. The number of amides is 1. The first kappa shape index (κ1) is 27.4. The van der Waals surface area contributed by atoms with E-state index in [4.69, 9.17) is 9.47 Å². The number of allylic oxidation sites excluding steroid dienone is 4. The summed E-state index contributed by atoms with van der Waals surface area (Å²) in [6.07, 6.45) is 4.27. The van der Waals surface area contributed by atoms with Crippen LogP contribution in [0.5, 0.6) is 11.5 Å². The minimum absolute atomic E-state index is 0.107. The molecule has 0 aromatic heterocycles. The van der Waals surface area contributed by atoms with Crippen molar-refractivity contribution >= 4 is 45.8 Å². The fraction of sp³-hybridized carbons (Fsp3) is 0.387. The molecule has 204 valence electrons. The van der Waals surface area contributed by atoms with Crippen LogP contribution in [0.1, 0.15) is 61.1 Å². The number of nitrogens with one attached hydrogen (secondary N) is 1. The molecule has 3 aliphatic rings. The van der Waals surface area contributed by atoms with Crippen molar-refractivity contribution in [3.8, 4) is 11.5 Å². The number of benzene rings is 2. The third-order valence-corrected chi connectivity index (χ3v) is 8.63. The topological polar surface area (TPSA) is 84.9 Å². The maximum Gasteiger partial charge on any atom is 0.262 e. The number of hydrogen-bond donors (Lipinski definition) is 1. The first-order valence-corrected chi connectivity index (χ1v) is 14.4. The van der Waals surface area contributed by atoms with Crippen LogP contribution in [-0.4, -0.2) is 43.1 Å². The van der Waals surface area contributed by atoms with E-state index >= 15 is 0 Å². The molecule has 0 bridgehead atoms. The highest BCUT2D eigenvalue weighted by Crippen LogP contribution is 2.50. The van der Waals surface area contributed by atoms with Gasteiger partial charge < -0.3 is 19.7 Å². The summed E-state index contributed by atoms with van der Waals surface area (Å²) < 4.78 is 12.4. The number of ether oxygens (including phenoxy) is 2. The molecule has 1 aliphatic heterocycles. The number of nitrogens with zero attached hydrogens (tertiary/aromatic N) is 1. The fourth-order valence-corrected chi connectivity index (χ4v) is 6.79. The lowest BCUT2D eigenvalue weighted by atomic mass is 9.71. The molecule has 0 radical (unpaired) electrons. The SMILES string of the molecule is COc1cc(C2C3=C(CCCC3=O)N(C)C3=C2C(=O)CCC3)cc(I)c1OCC(=O)Nc1ccc(C)cc1C. The van der Waals surface area contributed by atoms with Gasteiger partial charge in [-0.1, -0.05) is 17.7 Å². The van der Waals surface area contributed by atoms with Crippen LogP contribution >= 0.6 is 22.6 Å². The average molecular weight is 641 g/mol. The molecule has 1 heterocycles. The van der Waals surface area contributed by atoms with Crippen LogP contribution in [0.2, 0.25) is 0 Å². The molecule has 0 fully saturated rings. The lowest BCUT2D eigenvalue weighted by molar-refractivity contribution is -0.118. The molecule has 0 spiro atoms. The van der Waals surface area contributed by atoms with Crippen LogP contribution in [0.4, 0.5) is 5.69 Å². The van der Waals surface area contributed by atoms with E-state index in [1.807, 2.05) is 51.2 Å². The zero-order chi connectivity index (χ0) is 27.8. The van der Waals surface area contributed by atoms with Crippen molar-refractivity contribution in [1.82, 2.24) is 4.90 Å². The zero-order valence-corrected chi connectivity index (χ0v) is 24.9. The van der Waals surface area contributed by atoms with E-state index < -0.39 is 5.92 Å². The molecule has 7 nitrogen and oxygen atoms in total. The van der Waals surface area contributed by atoms with Crippen molar-refractivity contribution < 1.29 is 23.9 Å². The van der Waals surface area contributed by atoms with Crippen molar-refractivity contribution in [3.05, 3.63) is 73.1 Å². The molecule has 2 aromatic rings. The van der Waals surface area contributed by atoms with E-state index in [1.165, 1.54) is 0 Å². The van der Waals surface area contributed by atoms with Gasteiger partial charge in [0.1, 0.15) is 0 Å². The van der Waals surface area contributed by atoms with Crippen molar-refractivity contribution in [2.24, 2.45) is 0 Å². The molecular formula is C31H33IN2O5. The molecule has 0 unspecified atom stereocenters. The van der Waals surface area contributed by atoms with Gasteiger partial charge in [-0.05, 0) is 91.4 Å². The molecule has 5 rings (SSSR count). The van der Waals surface area contributed by atoms with Crippen molar-refractivity contribution in [2.45, 2.75) is 58.3 Å². The average Bonchev–Trinajstić information content (AvgIpc) is 2.90. The van der Waals surface area contributed by atoms with Gasteiger partial charge in [0.25, 0.3) is 5.91 Å². The summed E-state index contributed by atoms with van der Waals surface area (Å²) in [5.41, 5.74) is 7.22. The Balaban J connectivity index is 1.47. The highest BCUT2D eigenvalue weighted by Gasteiger charge is 2.42. The number of halogens is 1. The second kappa shape index (κ2) is 11.2. The number of methoxy groups -OCH3 is 1. The second-order valence-electron chi connectivity index (χ2n) is 10.5. The summed E-state index contributed by atoms with van der Waals surface area (Å²) in [6.45, 7) is 3.77. The van der Waals surface area contributed by atoms with E-state index in [2.05, 4.69) is 32.8 Å². The highest BCUT2D eigenvalue weighted by molar-refractivity contribution is 14.1. The molecule has 0 saturated heterocycles. The Bertz CT molecular complexity index is 1400. The number of ketones is 2. The van der Waals surface area contributed by atoms with E-state index in [0.29, 0.717) is 24.3 Å². The van der Waals surface area contributed by atoms with Gasteiger partial charge in [-0.15, -0.1) is 0 Å². The van der Waals surface area contributed by atoms with Crippen LogP contribution in [-0.2, 0) is 14.4 Å². The number of rotatable bonds is 6. The van der Waals surface area contributed by atoms with Crippen LogP contribution in [0.15, 0.2) is 52.9 Å². The minimum Gasteiger partial charge on any atom is -0.493 e. The van der Waals surface area contributed by atoms with Crippen LogP contribution in [0.3, 0.4) is 0 Å². The smallest absolute Gasteiger partial charge is 0.262 e. The van der Waals surface area contributed by atoms with Gasteiger partial charge in [0, 0.05) is 54.0 Å². The number of Topliss-reactive ketones (excluding diaryl/α,β-unsaturated/α-hetero) is 2. The largest absolute Gasteiger partial charge is 0.493 e. The van der Waals surface area contributed by atoms with E-state index in [-0.39, 0.29) is 24.1 Å². The summed E-state index contributed by atoms with van der Waals surface area (Å²) in [5, 5.41) is 2.90. The standard InChI is InChI=1S/C31H33IN2O5/c1-17-11-12-21(18(2)13-17)33-27(37)16-39-31-20(32)14-19(15-26(31)38-4)28-29-22(7-5-9-24(29)35)34(3)23-8-6-10-25(36)30(23)28/h11-15,28H,5-10,16H2,1-4H3,(H,33,37). The Morgan fingerprint density at radius 3 is 2.23 bits per heavy atom. The number of hydrogen-bond acceptors (Lipinski definition) is 6. The van der Waals surface area contributed by atoms with Gasteiger partial charge in [-0.2, -0.15) is 0 Å². The summed E-state index contributed by atoms with van der Waals surface area (Å²) in [4.78, 5) is 41.4. The highest BCUT2D eigenvalue weighted by atomic mass is 127. The molecule has 39 heavy (non-hydrogen) atoms. The minimum atomic E-state index is -0.420. The number of anilines is 1. The van der Waals surface area contributed by atoms with Crippen molar-refractivity contribution in [1.29, 1.82) is 0 Å². The van der Waals surface area contributed by atoms with Gasteiger partial charge in [0.15, 0.2) is 29.7 Å². The maximum atomic E-state index is 13.3. The summed E-state index contributed by atoms with van der Waals surface area (Å²) >= 11 is 2.17. The Hall–Kier alpha value is -3.14. The van der Waals surface area contributed by atoms with Gasteiger partial charge in [-0.25, -0.2) is 0 Å². The predicted octanol–water partition coefficient (Wildman–Crippen LogP) is 5.98. The zero-order valence-electron chi connectivity index (χ0n) is 22.8. The maximum absolute atomic E-state index is 13.3. The summed E-state index contributed by atoms with van der Waals surface area (Å²) in [6, 6.07) is 9.66. The van der Waals surface area contributed by atoms with Crippen molar-refractivity contribution in [3.63, 3.8) is 0 Å². The van der Waals surface area contributed by atoms with Crippen molar-refractivity contribution in [2.75, 3.05) is 26.1 Å². The van der Waals surface area contributed by atoms with Gasteiger partial charge in [-0.3, -0.25) is 14.4 Å². The molecule has 8 heteroatoms. The Labute approximate surface area is 242 Å². The van der Waals surface area contributed by atoms with Crippen LogP contribution in [0, 0.1) is 17.4 Å². The first-order valence-electron chi connectivity index (χ1n) is 13.3. The molecule has 1 N–H and O–H groups in total. The number of aryl methyl sites for hydroxylation is 2.